The molecule has 0 aliphatic rings. The average molecular weight is 408 g/mol. The van der Waals surface area contributed by atoms with E-state index >= 15 is 0 Å². The molecule has 0 saturated heterocycles. The van der Waals surface area contributed by atoms with Crippen LogP contribution < -0.4 is 4.18 Å². The zero-order valence-electron chi connectivity index (χ0n) is 16.6. The molecule has 1 atom stereocenters. The molecule has 0 bridgehead atoms. The number of amides is 1. The van der Waals surface area contributed by atoms with Crippen molar-refractivity contribution in [1.29, 1.82) is 0 Å². The molecule has 0 aliphatic carbocycles. The van der Waals surface area contributed by atoms with Crippen molar-refractivity contribution in [2.75, 3.05) is 0 Å². The lowest BCUT2D eigenvalue weighted by Crippen LogP contribution is -2.40. The molecule has 7 heteroatoms. The van der Waals surface area contributed by atoms with Gasteiger partial charge in [0.1, 0.15) is 16.5 Å². The van der Waals surface area contributed by atoms with Crippen LogP contribution in [0.1, 0.15) is 39.7 Å². The number of hydrogen-bond acceptors (Lipinski definition) is 4. The predicted octanol–water partition coefficient (Wildman–Crippen LogP) is 4.38. The van der Waals surface area contributed by atoms with Gasteiger partial charge in [0.2, 0.25) is 5.91 Å². The van der Waals surface area contributed by atoms with E-state index in [4.69, 9.17) is 4.18 Å². The lowest BCUT2D eigenvalue weighted by molar-refractivity contribution is -0.137. The van der Waals surface area contributed by atoms with E-state index in [-0.39, 0.29) is 28.5 Å². The van der Waals surface area contributed by atoms with Crippen LogP contribution in [0.25, 0.3) is 0 Å². The summed E-state index contributed by atoms with van der Waals surface area (Å²) < 4.78 is 43.0. The third-order valence-electron chi connectivity index (χ3n) is 4.46. The summed E-state index contributed by atoms with van der Waals surface area (Å²) >= 11 is 0. The Morgan fingerprint density at radius 3 is 2.32 bits per heavy atom. The Labute approximate surface area is 166 Å². The zero-order valence-corrected chi connectivity index (χ0v) is 17.4. The van der Waals surface area contributed by atoms with E-state index in [2.05, 4.69) is 0 Å². The van der Waals surface area contributed by atoms with E-state index in [0.29, 0.717) is 6.54 Å². The van der Waals surface area contributed by atoms with Gasteiger partial charge in [0.25, 0.3) is 0 Å². The SMILES string of the molecule is CC[C@@H](C)N(Cc1cccc(OS(=O)(=O)c2ccc(F)cc2)c1)C(=O)C(C)C. The summed E-state index contributed by atoms with van der Waals surface area (Å²) in [5, 5.41) is 0. The number of nitrogens with zero attached hydrogens (tertiary/aromatic N) is 1. The van der Waals surface area contributed by atoms with Crippen molar-refractivity contribution in [3.05, 3.63) is 59.9 Å². The highest BCUT2D eigenvalue weighted by Crippen LogP contribution is 2.22. The summed E-state index contributed by atoms with van der Waals surface area (Å²) in [5.74, 6) is -0.476. The summed E-state index contributed by atoms with van der Waals surface area (Å²) in [6, 6.07) is 11.1. The fraction of sp³-hybridized carbons (Fsp3) is 0.381. The molecule has 0 spiro atoms. The molecule has 0 radical (unpaired) electrons. The van der Waals surface area contributed by atoms with Crippen LogP contribution in [0.15, 0.2) is 53.4 Å². The Kier molecular flexibility index (Phi) is 7.18. The second-order valence-electron chi connectivity index (χ2n) is 7.02. The first kappa shape index (κ1) is 21.9. The number of halogens is 1. The minimum absolute atomic E-state index is 0.0413. The van der Waals surface area contributed by atoms with Crippen LogP contribution in [0.2, 0.25) is 0 Å². The van der Waals surface area contributed by atoms with Gasteiger partial charge in [-0.05, 0) is 55.3 Å². The van der Waals surface area contributed by atoms with Crippen molar-refractivity contribution >= 4 is 16.0 Å². The Balaban J connectivity index is 2.23. The average Bonchev–Trinajstić information content (AvgIpc) is 2.65. The van der Waals surface area contributed by atoms with Crippen LogP contribution in [0.3, 0.4) is 0 Å². The fourth-order valence-electron chi connectivity index (χ4n) is 2.67. The van der Waals surface area contributed by atoms with Gasteiger partial charge in [0, 0.05) is 18.5 Å². The van der Waals surface area contributed by atoms with Gasteiger partial charge in [0.05, 0.1) is 0 Å². The van der Waals surface area contributed by atoms with E-state index in [0.717, 1.165) is 36.2 Å². The third kappa shape index (κ3) is 5.55. The van der Waals surface area contributed by atoms with Gasteiger partial charge in [-0.15, -0.1) is 0 Å². The molecule has 2 rings (SSSR count). The molecule has 0 N–H and O–H groups in total. The molecule has 0 fully saturated rings. The maximum absolute atomic E-state index is 13.0. The molecule has 5 nitrogen and oxygen atoms in total. The van der Waals surface area contributed by atoms with Crippen LogP contribution in [0.5, 0.6) is 5.75 Å². The smallest absolute Gasteiger partial charge is 0.339 e. The molecular formula is C21H26FNO4S. The summed E-state index contributed by atoms with van der Waals surface area (Å²) in [6.07, 6.45) is 0.813. The minimum atomic E-state index is -4.07. The molecule has 2 aromatic carbocycles. The first-order valence-electron chi connectivity index (χ1n) is 9.23. The molecule has 0 saturated carbocycles. The number of hydrogen-bond donors (Lipinski definition) is 0. The quantitative estimate of drug-likeness (QED) is 0.610. The van der Waals surface area contributed by atoms with Gasteiger partial charge in [-0.1, -0.05) is 32.9 Å². The second kappa shape index (κ2) is 9.19. The van der Waals surface area contributed by atoms with Gasteiger partial charge in [-0.2, -0.15) is 8.42 Å². The highest BCUT2D eigenvalue weighted by Gasteiger charge is 2.22. The van der Waals surface area contributed by atoms with E-state index in [1.807, 2.05) is 33.8 Å². The lowest BCUT2D eigenvalue weighted by atomic mass is 10.1. The monoisotopic (exact) mass is 407 g/mol. The molecule has 28 heavy (non-hydrogen) atoms. The number of carbonyl (C=O) groups excluding carboxylic acids is 1. The number of rotatable bonds is 8. The molecule has 0 unspecified atom stereocenters. The van der Waals surface area contributed by atoms with Gasteiger partial charge in [-0.3, -0.25) is 4.79 Å². The van der Waals surface area contributed by atoms with E-state index in [9.17, 15) is 17.6 Å². The molecule has 0 aliphatic heterocycles. The standard InChI is InChI=1S/C21H26FNO4S/c1-5-16(4)23(21(24)15(2)3)14-17-7-6-8-19(13-17)27-28(25,26)20-11-9-18(22)10-12-20/h6-13,15-16H,5,14H2,1-4H3/t16-/m1/s1. The lowest BCUT2D eigenvalue weighted by Gasteiger charge is -2.30. The minimum Gasteiger partial charge on any atom is -0.379 e. The number of carbonyl (C=O) groups is 1. The first-order valence-corrected chi connectivity index (χ1v) is 10.6. The van der Waals surface area contributed by atoms with Gasteiger partial charge in [-0.25, -0.2) is 4.39 Å². The van der Waals surface area contributed by atoms with Gasteiger partial charge >= 0.3 is 10.1 Å². The molecule has 152 valence electrons. The molecule has 0 heterocycles. The fourth-order valence-corrected chi connectivity index (χ4v) is 3.59. The van der Waals surface area contributed by atoms with Gasteiger partial charge in [0.15, 0.2) is 0 Å². The molecular weight excluding hydrogens is 381 g/mol. The largest absolute Gasteiger partial charge is 0.379 e. The van der Waals surface area contributed by atoms with Crippen molar-refractivity contribution in [3.8, 4) is 5.75 Å². The Hall–Kier alpha value is -2.41. The Bertz CT molecular complexity index is 910. The number of benzene rings is 2. The van der Waals surface area contributed by atoms with Crippen molar-refractivity contribution in [2.24, 2.45) is 5.92 Å². The van der Waals surface area contributed by atoms with Crippen LogP contribution in [0, 0.1) is 11.7 Å². The van der Waals surface area contributed by atoms with Crippen LogP contribution >= 0.6 is 0 Å². The Morgan fingerprint density at radius 2 is 1.75 bits per heavy atom. The van der Waals surface area contributed by atoms with E-state index in [1.54, 1.807) is 17.0 Å². The van der Waals surface area contributed by atoms with E-state index in [1.165, 1.54) is 6.07 Å². The maximum atomic E-state index is 13.0. The summed E-state index contributed by atoms with van der Waals surface area (Å²) in [7, 11) is -4.07. The van der Waals surface area contributed by atoms with Crippen LogP contribution in [-0.4, -0.2) is 25.3 Å². The highest BCUT2D eigenvalue weighted by atomic mass is 32.2. The van der Waals surface area contributed by atoms with Gasteiger partial charge < -0.3 is 9.08 Å². The maximum Gasteiger partial charge on any atom is 0.339 e. The second-order valence-corrected chi connectivity index (χ2v) is 8.56. The van der Waals surface area contributed by atoms with Crippen LogP contribution in [-0.2, 0) is 21.5 Å². The summed E-state index contributed by atoms with van der Waals surface area (Å²) in [5.41, 5.74) is 0.765. The summed E-state index contributed by atoms with van der Waals surface area (Å²) in [4.78, 5) is 14.2. The van der Waals surface area contributed by atoms with Crippen LogP contribution in [0.4, 0.5) is 4.39 Å². The third-order valence-corrected chi connectivity index (χ3v) is 5.72. The highest BCUT2D eigenvalue weighted by molar-refractivity contribution is 7.87. The zero-order chi connectivity index (χ0) is 20.9. The van der Waals surface area contributed by atoms with E-state index < -0.39 is 15.9 Å². The normalized spacial score (nSPS) is 12.6. The summed E-state index contributed by atoms with van der Waals surface area (Å²) in [6.45, 7) is 8.07. The van der Waals surface area contributed by atoms with Crippen molar-refractivity contribution in [2.45, 2.75) is 51.6 Å². The van der Waals surface area contributed by atoms with Crippen molar-refractivity contribution in [1.82, 2.24) is 4.90 Å². The van der Waals surface area contributed by atoms with Crippen molar-refractivity contribution in [3.63, 3.8) is 0 Å². The first-order chi connectivity index (χ1) is 13.1. The predicted molar refractivity (Wildman–Crippen MR) is 106 cm³/mol. The van der Waals surface area contributed by atoms with Crippen molar-refractivity contribution < 1.29 is 21.8 Å². The Morgan fingerprint density at radius 1 is 1.11 bits per heavy atom. The topological polar surface area (TPSA) is 63.7 Å². The molecule has 2 aromatic rings. The molecule has 0 aromatic heterocycles. The molecule has 1 amide bonds.